The van der Waals surface area contributed by atoms with E-state index in [1.807, 2.05) is 44.2 Å². The van der Waals surface area contributed by atoms with Crippen LogP contribution in [0, 0.1) is 0 Å². The number of carbonyl (C=O) groups is 2. The van der Waals surface area contributed by atoms with Gasteiger partial charge < -0.3 is 9.64 Å². The number of benzene rings is 1. The summed E-state index contributed by atoms with van der Waals surface area (Å²) in [4.78, 5) is 29.4. The van der Waals surface area contributed by atoms with Crippen LogP contribution >= 0.6 is 0 Å². The summed E-state index contributed by atoms with van der Waals surface area (Å²) in [7, 11) is 1.72. The molecule has 0 aliphatic heterocycles. The van der Waals surface area contributed by atoms with Gasteiger partial charge in [-0.15, -0.1) is 0 Å². The maximum atomic E-state index is 12.0. The molecule has 2 aromatic heterocycles. The van der Waals surface area contributed by atoms with Gasteiger partial charge in [-0.05, 0) is 25.1 Å². The number of hydrogen-bond donors (Lipinski definition) is 0. The zero-order chi connectivity index (χ0) is 20.0. The third-order valence-corrected chi connectivity index (χ3v) is 3.90. The number of nitrogens with zero attached hydrogens (tertiary/aromatic N) is 4. The summed E-state index contributed by atoms with van der Waals surface area (Å²) < 4.78 is 6.64. The van der Waals surface area contributed by atoms with Crippen molar-refractivity contribution in [2.24, 2.45) is 0 Å². The summed E-state index contributed by atoms with van der Waals surface area (Å²) in [5.74, 6) is -0.507. The average molecular weight is 368 g/mol. The van der Waals surface area contributed by atoms with E-state index in [1.165, 1.54) is 13.1 Å². The highest BCUT2D eigenvalue weighted by Gasteiger charge is 2.17. The normalized spacial score (nSPS) is 10.1. The number of carbonyl (C=O) groups excluding carboxylic acids is 2. The van der Waals surface area contributed by atoms with Gasteiger partial charge >= 0.3 is 5.97 Å². The Morgan fingerprint density at radius 2 is 1.96 bits per heavy atom. The molecule has 0 aliphatic rings. The SMILES string of the molecule is CC.CCOC(=O)c1cnn2c(-c3cccc(N(C)C(C)=O)c3)ccnc12. The monoisotopic (exact) mass is 368 g/mol. The summed E-state index contributed by atoms with van der Waals surface area (Å²) in [6.45, 7) is 7.55. The fraction of sp³-hybridized carbons (Fsp3) is 0.300. The van der Waals surface area contributed by atoms with Gasteiger partial charge in [-0.25, -0.2) is 14.3 Å². The predicted octanol–water partition coefficient (Wildman–Crippen LogP) is 3.58. The van der Waals surface area contributed by atoms with E-state index < -0.39 is 5.97 Å². The number of amides is 1. The van der Waals surface area contributed by atoms with Crippen molar-refractivity contribution >= 4 is 23.2 Å². The fourth-order valence-corrected chi connectivity index (χ4v) is 2.52. The molecule has 2 heterocycles. The maximum Gasteiger partial charge on any atom is 0.343 e. The van der Waals surface area contributed by atoms with Crippen LogP contribution in [-0.4, -0.2) is 40.1 Å². The standard InChI is InChI=1S/C18H18N4O3.C2H6/c1-4-25-18(24)15-11-20-22-16(8-9-19-17(15)22)13-6-5-7-14(10-13)21(3)12(2)23;1-2/h5-11H,4H2,1-3H3;1-2H3. The topological polar surface area (TPSA) is 76.8 Å². The van der Waals surface area contributed by atoms with Gasteiger partial charge in [0.1, 0.15) is 5.56 Å². The van der Waals surface area contributed by atoms with Crippen molar-refractivity contribution in [2.75, 3.05) is 18.6 Å². The molecule has 27 heavy (non-hydrogen) atoms. The predicted molar refractivity (Wildman–Crippen MR) is 105 cm³/mol. The average Bonchev–Trinajstić information content (AvgIpc) is 3.13. The third kappa shape index (κ3) is 4.13. The van der Waals surface area contributed by atoms with Crippen molar-refractivity contribution in [3.05, 3.63) is 48.3 Å². The molecular weight excluding hydrogens is 344 g/mol. The van der Waals surface area contributed by atoms with E-state index >= 15 is 0 Å². The van der Waals surface area contributed by atoms with Crippen molar-refractivity contribution in [1.82, 2.24) is 14.6 Å². The smallest absolute Gasteiger partial charge is 0.343 e. The van der Waals surface area contributed by atoms with Crippen LogP contribution in [0.5, 0.6) is 0 Å². The Morgan fingerprint density at radius 3 is 2.63 bits per heavy atom. The van der Waals surface area contributed by atoms with Gasteiger partial charge in [0.05, 0.1) is 18.5 Å². The summed E-state index contributed by atoms with van der Waals surface area (Å²) >= 11 is 0. The summed E-state index contributed by atoms with van der Waals surface area (Å²) in [5.41, 5.74) is 3.14. The van der Waals surface area contributed by atoms with Gasteiger partial charge in [-0.2, -0.15) is 5.10 Å². The van der Waals surface area contributed by atoms with Gasteiger partial charge in [0.2, 0.25) is 5.91 Å². The quantitative estimate of drug-likeness (QED) is 0.658. The molecule has 0 aliphatic carbocycles. The van der Waals surface area contributed by atoms with Crippen molar-refractivity contribution in [2.45, 2.75) is 27.7 Å². The largest absolute Gasteiger partial charge is 0.462 e. The van der Waals surface area contributed by atoms with E-state index in [1.54, 1.807) is 29.6 Å². The summed E-state index contributed by atoms with van der Waals surface area (Å²) in [5, 5.41) is 4.28. The minimum Gasteiger partial charge on any atom is -0.462 e. The first-order chi connectivity index (χ1) is 13.0. The molecule has 142 valence electrons. The highest BCUT2D eigenvalue weighted by molar-refractivity contribution is 5.96. The van der Waals surface area contributed by atoms with Crippen LogP contribution in [0.2, 0.25) is 0 Å². The molecule has 0 saturated heterocycles. The van der Waals surface area contributed by atoms with Gasteiger partial charge in [-0.3, -0.25) is 4.79 Å². The second-order valence-electron chi connectivity index (χ2n) is 5.47. The molecule has 7 nitrogen and oxygen atoms in total. The molecule has 0 saturated carbocycles. The second-order valence-corrected chi connectivity index (χ2v) is 5.47. The van der Waals surface area contributed by atoms with Gasteiger partial charge in [-0.1, -0.05) is 26.0 Å². The molecule has 0 unspecified atom stereocenters. The lowest BCUT2D eigenvalue weighted by Crippen LogP contribution is -2.22. The first kappa shape index (κ1) is 20.1. The Balaban J connectivity index is 0.00000126. The van der Waals surface area contributed by atoms with Crippen LogP contribution in [0.25, 0.3) is 16.9 Å². The van der Waals surface area contributed by atoms with E-state index in [2.05, 4.69) is 10.1 Å². The number of esters is 1. The van der Waals surface area contributed by atoms with E-state index in [-0.39, 0.29) is 12.5 Å². The zero-order valence-corrected chi connectivity index (χ0v) is 16.3. The molecule has 3 aromatic rings. The lowest BCUT2D eigenvalue weighted by Gasteiger charge is -2.16. The highest BCUT2D eigenvalue weighted by Crippen LogP contribution is 2.25. The van der Waals surface area contributed by atoms with E-state index in [4.69, 9.17) is 4.74 Å². The second kappa shape index (κ2) is 8.93. The Bertz CT molecular complexity index is 949. The van der Waals surface area contributed by atoms with Crippen molar-refractivity contribution in [1.29, 1.82) is 0 Å². The molecule has 0 bridgehead atoms. The number of rotatable bonds is 4. The molecule has 0 radical (unpaired) electrons. The zero-order valence-electron chi connectivity index (χ0n) is 16.3. The van der Waals surface area contributed by atoms with Gasteiger partial charge in [0.25, 0.3) is 0 Å². The Hall–Kier alpha value is -3.22. The molecule has 0 spiro atoms. The first-order valence-corrected chi connectivity index (χ1v) is 8.87. The Morgan fingerprint density at radius 1 is 1.22 bits per heavy atom. The number of ether oxygens (including phenoxy) is 1. The molecule has 7 heteroatoms. The first-order valence-electron chi connectivity index (χ1n) is 8.87. The van der Waals surface area contributed by atoms with E-state index in [0.717, 1.165) is 16.9 Å². The van der Waals surface area contributed by atoms with Crippen LogP contribution in [-0.2, 0) is 9.53 Å². The molecule has 1 aromatic carbocycles. The van der Waals surface area contributed by atoms with E-state index in [0.29, 0.717) is 11.2 Å². The molecule has 0 N–H and O–H groups in total. The Labute approximate surface area is 158 Å². The lowest BCUT2D eigenvalue weighted by molar-refractivity contribution is -0.116. The third-order valence-electron chi connectivity index (χ3n) is 3.90. The summed E-state index contributed by atoms with van der Waals surface area (Å²) in [6.07, 6.45) is 3.08. The van der Waals surface area contributed by atoms with Crippen molar-refractivity contribution in [3.63, 3.8) is 0 Å². The molecule has 0 fully saturated rings. The number of anilines is 1. The van der Waals surface area contributed by atoms with Crippen LogP contribution in [0.3, 0.4) is 0 Å². The Kier molecular flexibility index (Phi) is 6.65. The minimum absolute atomic E-state index is 0.0549. The van der Waals surface area contributed by atoms with Crippen molar-refractivity contribution in [3.8, 4) is 11.3 Å². The lowest BCUT2D eigenvalue weighted by atomic mass is 10.1. The van der Waals surface area contributed by atoms with Gasteiger partial charge in [0.15, 0.2) is 5.65 Å². The fourth-order valence-electron chi connectivity index (χ4n) is 2.52. The van der Waals surface area contributed by atoms with Crippen LogP contribution in [0.4, 0.5) is 5.69 Å². The molecule has 0 atom stereocenters. The van der Waals surface area contributed by atoms with E-state index in [9.17, 15) is 9.59 Å². The molecular formula is C20H24N4O3. The van der Waals surface area contributed by atoms with Crippen LogP contribution in [0.1, 0.15) is 38.1 Å². The summed E-state index contributed by atoms with van der Waals surface area (Å²) in [6, 6.07) is 9.34. The highest BCUT2D eigenvalue weighted by atomic mass is 16.5. The molecule has 1 amide bonds. The molecule has 3 rings (SSSR count). The minimum atomic E-state index is -0.452. The number of fused-ring (bicyclic) bond motifs is 1. The van der Waals surface area contributed by atoms with Crippen molar-refractivity contribution < 1.29 is 14.3 Å². The number of hydrogen-bond acceptors (Lipinski definition) is 5. The number of aromatic nitrogens is 3. The van der Waals surface area contributed by atoms with Crippen LogP contribution < -0.4 is 4.90 Å². The van der Waals surface area contributed by atoms with Crippen LogP contribution in [0.15, 0.2) is 42.7 Å². The maximum absolute atomic E-state index is 12.0. The van der Waals surface area contributed by atoms with Gasteiger partial charge in [0, 0.05) is 31.4 Å².